The van der Waals surface area contributed by atoms with Gasteiger partial charge in [-0.05, 0) is 37.0 Å². The van der Waals surface area contributed by atoms with E-state index in [9.17, 15) is 13.2 Å². The molecule has 1 amide bonds. The molecule has 1 aromatic carbocycles. The van der Waals surface area contributed by atoms with Gasteiger partial charge in [0.25, 0.3) is 9.05 Å². The summed E-state index contributed by atoms with van der Waals surface area (Å²) in [5, 5.41) is 0. The lowest BCUT2D eigenvalue weighted by atomic mass is 10.1. The summed E-state index contributed by atoms with van der Waals surface area (Å²) >= 11 is 0. The molecular formula is C13H16ClNO3S. The van der Waals surface area contributed by atoms with E-state index in [-0.39, 0.29) is 10.8 Å². The molecule has 0 aromatic heterocycles. The molecule has 0 N–H and O–H groups in total. The first-order valence-corrected chi connectivity index (χ1v) is 8.59. The summed E-state index contributed by atoms with van der Waals surface area (Å²) in [6.07, 6.45) is 3.42. The number of halogens is 1. The van der Waals surface area contributed by atoms with Crippen LogP contribution in [0.4, 0.5) is 0 Å². The van der Waals surface area contributed by atoms with Crippen LogP contribution in [0.5, 0.6) is 0 Å². The maximum Gasteiger partial charge on any atom is 0.261 e. The topological polar surface area (TPSA) is 54.5 Å². The summed E-state index contributed by atoms with van der Waals surface area (Å²) in [6.45, 7) is 1.51. The van der Waals surface area contributed by atoms with Crippen molar-refractivity contribution >= 4 is 25.6 Å². The van der Waals surface area contributed by atoms with E-state index in [0.717, 1.165) is 31.4 Å². The van der Waals surface area contributed by atoms with Crippen molar-refractivity contribution in [1.82, 2.24) is 4.90 Å². The molecule has 1 saturated heterocycles. The lowest BCUT2D eigenvalue weighted by Gasteiger charge is -2.26. The third kappa shape index (κ3) is 3.94. The van der Waals surface area contributed by atoms with Crippen molar-refractivity contribution in [2.75, 3.05) is 13.1 Å². The molecule has 4 nitrogen and oxygen atoms in total. The molecule has 1 aliphatic rings. The van der Waals surface area contributed by atoms with Gasteiger partial charge in [0.1, 0.15) is 0 Å². The molecule has 0 saturated carbocycles. The number of likely N-dealkylation sites (tertiary alicyclic amines) is 1. The quantitative estimate of drug-likeness (QED) is 0.801. The molecular weight excluding hydrogens is 286 g/mol. The van der Waals surface area contributed by atoms with E-state index in [4.69, 9.17) is 10.7 Å². The number of rotatable bonds is 4. The van der Waals surface area contributed by atoms with Crippen LogP contribution in [0.2, 0.25) is 0 Å². The lowest BCUT2D eigenvalue weighted by Crippen LogP contribution is -2.36. The van der Waals surface area contributed by atoms with Crippen molar-refractivity contribution in [3.8, 4) is 0 Å². The summed E-state index contributed by atoms with van der Waals surface area (Å²) < 4.78 is 22.2. The minimum Gasteiger partial charge on any atom is -0.342 e. The summed E-state index contributed by atoms with van der Waals surface area (Å²) in [4.78, 5) is 13.6. The molecule has 1 aromatic rings. The minimum atomic E-state index is -3.66. The molecule has 6 heteroatoms. The number of carbonyl (C=O) groups excluding carboxylic acids is 1. The molecule has 19 heavy (non-hydrogen) atoms. The Balaban J connectivity index is 1.95. The molecule has 2 rings (SSSR count). The van der Waals surface area contributed by atoms with Crippen LogP contribution in [-0.2, 0) is 20.3 Å². The van der Waals surface area contributed by atoms with Gasteiger partial charge in [0.2, 0.25) is 5.91 Å². The summed E-state index contributed by atoms with van der Waals surface area (Å²) in [5.74, 6) is 0.214. The molecule has 1 heterocycles. The van der Waals surface area contributed by atoms with Crippen molar-refractivity contribution in [2.24, 2.45) is 0 Å². The van der Waals surface area contributed by atoms with E-state index in [2.05, 4.69) is 0 Å². The SMILES string of the molecule is O=C1CCCCN1CCc1ccc(S(=O)(=O)Cl)cc1. The van der Waals surface area contributed by atoms with Crippen LogP contribution in [0.1, 0.15) is 24.8 Å². The van der Waals surface area contributed by atoms with E-state index in [1.165, 1.54) is 12.1 Å². The Morgan fingerprint density at radius 2 is 1.84 bits per heavy atom. The van der Waals surface area contributed by atoms with Crippen LogP contribution in [0.15, 0.2) is 29.2 Å². The Labute approximate surface area is 117 Å². The second kappa shape index (κ2) is 5.92. The monoisotopic (exact) mass is 301 g/mol. The van der Waals surface area contributed by atoms with E-state index in [1.54, 1.807) is 12.1 Å². The average Bonchev–Trinajstić information content (AvgIpc) is 2.37. The number of amides is 1. The maximum absolute atomic E-state index is 11.6. The first-order chi connectivity index (χ1) is 8.97. The van der Waals surface area contributed by atoms with Gasteiger partial charge in [-0.2, -0.15) is 0 Å². The summed E-state index contributed by atoms with van der Waals surface area (Å²) in [7, 11) is 1.59. The Bertz CT molecular complexity index is 554. The van der Waals surface area contributed by atoms with Gasteiger partial charge in [-0.15, -0.1) is 0 Å². The fourth-order valence-corrected chi connectivity index (χ4v) is 2.95. The van der Waals surface area contributed by atoms with Crippen LogP contribution in [0.3, 0.4) is 0 Å². The van der Waals surface area contributed by atoms with E-state index < -0.39 is 9.05 Å². The van der Waals surface area contributed by atoms with Gasteiger partial charge >= 0.3 is 0 Å². The molecule has 0 radical (unpaired) electrons. The van der Waals surface area contributed by atoms with Crippen LogP contribution >= 0.6 is 10.7 Å². The molecule has 0 spiro atoms. The molecule has 1 aliphatic heterocycles. The number of hydrogen-bond donors (Lipinski definition) is 0. The number of benzene rings is 1. The highest BCUT2D eigenvalue weighted by Gasteiger charge is 2.17. The fraction of sp³-hybridized carbons (Fsp3) is 0.462. The van der Waals surface area contributed by atoms with Crippen LogP contribution in [0.25, 0.3) is 0 Å². The van der Waals surface area contributed by atoms with Crippen molar-refractivity contribution in [3.63, 3.8) is 0 Å². The van der Waals surface area contributed by atoms with Gasteiger partial charge in [0.05, 0.1) is 4.90 Å². The number of hydrogen-bond acceptors (Lipinski definition) is 3. The molecule has 104 valence electrons. The Morgan fingerprint density at radius 3 is 2.42 bits per heavy atom. The maximum atomic E-state index is 11.6. The highest BCUT2D eigenvalue weighted by atomic mass is 35.7. The highest BCUT2D eigenvalue weighted by Crippen LogP contribution is 2.16. The first-order valence-electron chi connectivity index (χ1n) is 6.28. The average molecular weight is 302 g/mol. The molecule has 1 fully saturated rings. The van der Waals surface area contributed by atoms with Gasteiger partial charge < -0.3 is 4.90 Å². The third-order valence-corrected chi connectivity index (χ3v) is 4.67. The lowest BCUT2D eigenvalue weighted by molar-refractivity contribution is -0.133. The van der Waals surface area contributed by atoms with Crippen LogP contribution < -0.4 is 0 Å². The Kier molecular flexibility index (Phi) is 4.47. The summed E-state index contributed by atoms with van der Waals surface area (Å²) in [5.41, 5.74) is 1.00. The standard InChI is InChI=1S/C13H16ClNO3S/c14-19(17,18)12-6-4-11(5-7-12)8-10-15-9-2-1-3-13(15)16/h4-7H,1-3,8-10H2. The van der Waals surface area contributed by atoms with Crippen molar-refractivity contribution in [3.05, 3.63) is 29.8 Å². The van der Waals surface area contributed by atoms with Gasteiger partial charge in [0.15, 0.2) is 0 Å². The molecule has 0 unspecified atom stereocenters. The van der Waals surface area contributed by atoms with Crippen LogP contribution in [0, 0.1) is 0 Å². The normalized spacial score (nSPS) is 16.7. The van der Waals surface area contributed by atoms with E-state index in [0.29, 0.717) is 13.0 Å². The Hall–Kier alpha value is -1.07. The van der Waals surface area contributed by atoms with Crippen molar-refractivity contribution in [2.45, 2.75) is 30.6 Å². The van der Waals surface area contributed by atoms with E-state index in [1.807, 2.05) is 4.90 Å². The van der Waals surface area contributed by atoms with Gasteiger partial charge in [-0.3, -0.25) is 4.79 Å². The molecule has 0 atom stereocenters. The smallest absolute Gasteiger partial charge is 0.261 e. The van der Waals surface area contributed by atoms with Crippen molar-refractivity contribution in [1.29, 1.82) is 0 Å². The van der Waals surface area contributed by atoms with Crippen LogP contribution in [-0.4, -0.2) is 32.3 Å². The number of carbonyl (C=O) groups is 1. The fourth-order valence-electron chi connectivity index (χ4n) is 2.18. The minimum absolute atomic E-state index is 0.104. The number of piperidine rings is 1. The first kappa shape index (κ1) is 14.3. The third-order valence-electron chi connectivity index (χ3n) is 3.30. The summed E-state index contributed by atoms with van der Waals surface area (Å²) in [6, 6.07) is 6.47. The molecule has 0 aliphatic carbocycles. The zero-order chi connectivity index (χ0) is 13.9. The predicted molar refractivity (Wildman–Crippen MR) is 73.6 cm³/mol. The zero-order valence-electron chi connectivity index (χ0n) is 10.5. The highest BCUT2D eigenvalue weighted by molar-refractivity contribution is 8.13. The van der Waals surface area contributed by atoms with Gasteiger partial charge in [0, 0.05) is 30.2 Å². The zero-order valence-corrected chi connectivity index (χ0v) is 12.1. The predicted octanol–water partition coefficient (Wildman–Crippen LogP) is 2.17. The van der Waals surface area contributed by atoms with Gasteiger partial charge in [-0.1, -0.05) is 12.1 Å². The number of nitrogens with zero attached hydrogens (tertiary/aromatic N) is 1. The largest absolute Gasteiger partial charge is 0.342 e. The van der Waals surface area contributed by atoms with E-state index >= 15 is 0 Å². The second-order valence-corrected chi connectivity index (χ2v) is 7.24. The Morgan fingerprint density at radius 1 is 1.16 bits per heavy atom. The van der Waals surface area contributed by atoms with Crippen molar-refractivity contribution < 1.29 is 13.2 Å². The molecule has 0 bridgehead atoms. The van der Waals surface area contributed by atoms with Gasteiger partial charge in [-0.25, -0.2) is 8.42 Å². The second-order valence-electron chi connectivity index (χ2n) is 4.67.